The molecule has 0 aliphatic carbocycles. The van der Waals surface area contributed by atoms with Gasteiger partial charge in [-0.1, -0.05) is 36.8 Å². The van der Waals surface area contributed by atoms with Gasteiger partial charge in [-0.15, -0.1) is 0 Å². The van der Waals surface area contributed by atoms with Crippen LogP contribution in [0.15, 0.2) is 24.3 Å². The van der Waals surface area contributed by atoms with Gasteiger partial charge in [0.05, 0.1) is 5.25 Å². The van der Waals surface area contributed by atoms with Crippen LogP contribution in [0.5, 0.6) is 0 Å². The van der Waals surface area contributed by atoms with Gasteiger partial charge in [0, 0.05) is 36.3 Å². The topological polar surface area (TPSA) is 38.3 Å². The van der Waals surface area contributed by atoms with Crippen molar-refractivity contribution in [1.82, 2.24) is 5.32 Å². The van der Waals surface area contributed by atoms with Crippen molar-refractivity contribution < 1.29 is 8.95 Å². The molecule has 0 aromatic heterocycles. The molecule has 0 saturated carbocycles. The van der Waals surface area contributed by atoms with Gasteiger partial charge in [-0.05, 0) is 38.8 Å². The maximum Gasteiger partial charge on any atom is 0.0514 e. The number of ether oxygens (including phenoxy) is 1. The molecule has 3 unspecified atom stereocenters. The first-order chi connectivity index (χ1) is 10.1. The SMILES string of the molecule is CCCNC(c1ccc(C)cc1)C(C)S(=O)CCCOC. The van der Waals surface area contributed by atoms with Crippen LogP contribution in [0.25, 0.3) is 0 Å². The standard InChI is InChI=1S/C17H29NO2S/c1-5-11-18-17(16-9-7-14(2)8-10-16)15(3)21(19)13-6-12-20-4/h7-10,15,17-18H,5-6,11-13H2,1-4H3. The van der Waals surface area contributed by atoms with Gasteiger partial charge >= 0.3 is 0 Å². The van der Waals surface area contributed by atoms with E-state index in [1.54, 1.807) is 7.11 Å². The zero-order valence-electron chi connectivity index (χ0n) is 13.7. The second kappa shape index (κ2) is 10.1. The fourth-order valence-electron chi connectivity index (χ4n) is 2.31. The van der Waals surface area contributed by atoms with Crippen molar-refractivity contribution in [2.45, 2.75) is 44.9 Å². The predicted octanol–water partition coefficient (Wildman–Crippen LogP) is 3.21. The molecular weight excluding hydrogens is 282 g/mol. The van der Waals surface area contributed by atoms with E-state index in [1.165, 1.54) is 11.1 Å². The summed E-state index contributed by atoms with van der Waals surface area (Å²) in [5.74, 6) is 0.700. The average molecular weight is 311 g/mol. The van der Waals surface area contributed by atoms with Gasteiger partial charge in [-0.3, -0.25) is 4.21 Å². The summed E-state index contributed by atoms with van der Waals surface area (Å²) in [5, 5.41) is 3.65. The van der Waals surface area contributed by atoms with Crippen LogP contribution in [0.3, 0.4) is 0 Å². The lowest BCUT2D eigenvalue weighted by atomic mass is 10.0. The van der Waals surface area contributed by atoms with Gasteiger partial charge < -0.3 is 10.1 Å². The van der Waals surface area contributed by atoms with E-state index in [9.17, 15) is 4.21 Å². The summed E-state index contributed by atoms with van der Waals surface area (Å²) in [5.41, 5.74) is 2.48. The van der Waals surface area contributed by atoms with E-state index in [-0.39, 0.29) is 11.3 Å². The molecule has 0 aliphatic rings. The summed E-state index contributed by atoms with van der Waals surface area (Å²) < 4.78 is 17.5. The number of methoxy groups -OCH3 is 1. The minimum absolute atomic E-state index is 0.0936. The van der Waals surface area contributed by atoms with Gasteiger partial charge in [0.2, 0.25) is 0 Å². The number of hydrogen-bond donors (Lipinski definition) is 1. The molecule has 0 saturated heterocycles. The first-order valence-electron chi connectivity index (χ1n) is 7.76. The molecule has 120 valence electrons. The fourth-order valence-corrected chi connectivity index (χ4v) is 3.64. The van der Waals surface area contributed by atoms with E-state index in [2.05, 4.69) is 50.4 Å². The summed E-state index contributed by atoms with van der Waals surface area (Å²) >= 11 is 0. The molecule has 0 bridgehead atoms. The minimum atomic E-state index is -0.848. The number of benzene rings is 1. The maximum absolute atomic E-state index is 12.5. The van der Waals surface area contributed by atoms with Gasteiger partial charge in [0.1, 0.15) is 0 Å². The normalized spacial score (nSPS) is 15.6. The molecule has 0 radical (unpaired) electrons. The molecule has 1 rings (SSSR count). The highest BCUT2D eigenvalue weighted by Crippen LogP contribution is 2.22. The molecule has 0 fully saturated rings. The Morgan fingerprint density at radius 2 is 1.95 bits per heavy atom. The van der Waals surface area contributed by atoms with Crippen molar-refractivity contribution >= 4 is 10.8 Å². The second-order valence-corrected chi connectivity index (χ2v) is 7.39. The van der Waals surface area contributed by atoms with E-state index in [0.29, 0.717) is 12.4 Å². The van der Waals surface area contributed by atoms with E-state index in [4.69, 9.17) is 4.74 Å². The van der Waals surface area contributed by atoms with Crippen molar-refractivity contribution in [2.24, 2.45) is 0 Å². The molecule has 0 amide bonds. The number of hydrogen-bond acceptors (Lipinski definition) is 3. The highest BCUT2D eigenvalue weighted by Gasteiger charge is 2.23. The molecule has 3 atom stereocenters. The van der Waals surface area contributed by atoms with Crippen LogP contribution in [-0.2, 0) is 15.5 Å². The van der Waals surface area contributed by atoms with Crippen LogP contribution < -0.4 is 5.32 Å². The Hall–Kier alpha value is -0.710. The Balaban J connectivity index is 2.75. The minimum Gasteiger partial charge on any atom is -0.385 e. The predicted molar refractivity (Wildman–Crippen MR) is 91.2 cm³/mol. The molecule has 21 heavy (non-hydrogen) atoms. The summed E-state index contributed by atoms with van der Waals surface area (Å²) in [6, 6.07) is 8.68. The van der Waals surface area contributed by atoms with Crippen LogP contribution >= 0.6 is 0 Å². The monoisotopic (exact) mass is 311 g/mol. The quantitative estimate of drug-likeness (QED) is 0.674. The highest BCUT2D eigenvalue weighted by atomic mass is 32.2. The van der Waals surface area contributed by atoms with Crippen LogP contribution in [0.4, 0.5) is 0 Å². The van der Waals surface area contributed by atoms with Crippen LogP contribution in [-0.4, -0.2) is 35.5 Å². The van der Waals surface area contributed by atoms with Crippen molar-refractivity contribution in [2.75, 3.05) is 26.0 Å². The van der Waals surface area contributed by atoms with Crippen LogP contribution in [0.2, 0.25) is 0 Å². The van der Waals surface area contributed by atoms with Crippen molar-refractivity contribution in [3.8, 4) is 0 Å². The Labute approximate surface area is 131 Å². The summed E-state index contributed by atoms with van der Waals surface area (Å²) in [4.78, 5) is 0. The molecule has 0 aliphatic heterocycles. The Kier molecular flexibility index (Phi) is 8.81. The molecular formula is C17H29NO2S. The first-order valence-corrected chi connectivity index (χ1v) is 9.14. The second-order valence-electron chi connectivity index (χ2n) is 5.48. The van der Waals surface area contributed by atoms with Crippen LogP contribution in [0, 0.1) is 6.92 Å². The third-order valence-corrected chi connectivity index (χ3v) is 5.42. The van der Waals surface area contributed by atoms with Crippen LogP contribution in [0.1, 0.15) is 43.9 Å². The highest BCUT2D eigenvalue weighted by molar-refractivity contribution is 7.85. The third kappa shape index (κ3) is 6.29. The van der Waals surface area contributed by atoms with Crippen molar-refractivity contribution in [3.05, 3.63) is 35.4 Å². The Morgan fingerprint density at radius 3 is 2.52 bits per heavy atom. The number of aryl methyl sites for hydroxylation is 1. The largest absolute Gasteiger partial charge is 0.385 e. The van der Waals surface area contributed by atoms with Crippen molar-refractivity contribution in [1.29, 1.82) is 0 Å². The fraction of sp³-hybridized carbons (Fsp3) is 0.647. The Bertz CT molecular complexity index is 419. The van der Waals surface area contributed by atoms with E-state index >= 15 is 0 Å². The lowest BCUT2D eigenvalue weighted by Crippen LogP contribution is -2.34. The first kappa shape index (κ1) is 18.3. The Morgan fingerprint density at radius 1 is 1.29 bits per heavy atom. The van der Waals surface area contributed by atoms with Gasteiger partial charge in [0.25, 0.3) is 0 Å². The van der Waals surface area contributed by atoms with Gasteiger partial charge in [-0.25, -0.2) is 0 Å². The molecule has 0 heterocycles. The maximum atomic E-state index is 12.5. The summed E-state index contributed by atoms with van der Waals surface area (Å²) in [6.07, 6.45) is 1.92. The number of nitrogens with one attached hydrogen (secondary N) is 1. The van der Waals surface area contributed by atoms with E-state index < -0.39 is 10.8 Å². The molecule has 3 nitrogen and oxygen atoms in total. The van der Waals surface area contributed by atoms with E-state index in [1.807, 2.05) is 0 Å². The lowest BCUT2D eigenvalue weighted by Gasteiger charge is -2.25. The number of rotatable bonds is 10. The molecule has 4 heteroatoms. The lowest BCUT2D eigenvalue weighted by molar-refractivity contribution is 0.200. The molecule has 1 aromatic rings. The third-order valence-electron chi connectivity index (χ3n) is 3.63. The summed E-state index contributed by atoms with van der Waals surface area (Å²) in [6.45, 7) is 7.94. The van der Waals surface area contributed by atoms with Crippen molar-refractivity contribution in [3.63, 3.8) is 0 Å². The smallest absolute Gasteiger partial charge is 0.0514 e. The zero-order chi connectivity index (χ0) is 15.7. The van der Waals surface area contributed by atoms with Gasteiger partial charge in [0.15, 0.2) is 0 Å². The molecule has 1 N–H and O–H groups in total. The van der Waals surface area contributed by atoms with Gasteiger partial charge in [-0.2, -0.15) is 0 Å². The zero-order valence-corrected chi connectivity index (χ0v) is 14.5. The molecule has 0 spiro atoms. The average Bonchev–Trinajstić information content (AvgIpc) is 2.49. The molecule has 1 aromatic carbocycles. The summed E-state index contributed by atoms with van der Waals surface area (Å²) in [7, 11) is 0.837. The van der Waals surface area contributed by atoms with E-state index in [0.717, 1.165) is 19.4 Å².